The lowest BCUT2D eigenvalue weighted by Gasteiger charge is -2.24. The van der Waals surface area contributed by atoms with Gasteiger partial charge in [0.15, 0.2) is 0 Å². The maximum absolute atomic E-state index is 13.1. The van der Waals surface area contributed by atoms with Gasteiger partial charge in [-0.1, -0.05) is 29.5 Å². The maximum atomic E-state index is 13.1. The molecule has 1 aliphatic rings. The molecule has 3 aromatic rings. The van der Waals surface area contributed by atoms with Crippen molar-refractivity contribution < 1.29 is 28.7 Å². The van der Waals surface area contributed by atoms with Gasteiger partial charge >= 0.3 is 0 Å². The van der Waals surface area contributed by atoms with Gasteiger partial charge in [0.05, 0.1) is 38.6 Å². The lowest BCUT2D eigenvalue weighted by molar-refractivity contribution is -0.140. The molecule has 1 atom stereocenters. The van der Waals surface area contributed by atoms with E-state index in [1.54, 1.807) is 53.6 Å². The minimum Gasteiger partial charge on any atom is -0.377 e. The van der Waals surface area contributed by atoms with Gasteiger partial charge in [0.2, 0.25) is 17.7 Å². The first kappa shape index (κ1) is 30.3. The molecule has 0 spiro atoms. The van der Waals surface area contributed by atoms with Gasteiger partial charge in [-0.15, -0.1) is 5.10 Å². The topological polar surface area (TPSA) is 170 Å². The van der Waals surface area contributed by atoms with Crippen LogP contribution < -0.4 is 16.0 Å². The first-order valence-electron chi connectivity index (χ1n) is 13.6. The number of hydrogen-bond acceptors (Lipinski definition) is 9. The average Bonchev–Trinajstić information content (AvgIpc) is 3.44. The summed E-state index contributed by atoms with van der Waals surface area (Å²) in [7, 11) is 0. The monoisotopic (exact) mass is 578 g/mol. The van der Waals surface area contributed by atoms with Crippen molar-refractivity contribution >= 4 is 23.6 Å². The number of hydrogen-bond donors (Lipinski definition) is 3. The third kappa shape index (κ3) is 9.74. The molecule has 1 saturated heterocycles. The van der Waals surface area contributed by atoms with Gasteiger partial charge in [-0.3, -0.25) is 24.2 Å². The van der Waals surface area contributed by atoms with Crippen molar-refractivity contribution in [1.29, 1.82) is 0 Å². The van der Waals surface area contributed by atoms with E-state index in [1.165, 1.54) is 4.90 Å². The molecule has 0 radical (unpaired) electrons. The standard InChI is InChI=1S/C28H34N8O6/c37-25-19-35(11-9-30-27(39)22-6-2-1-3-7-22)26(38)20-42-14-13-41-12-10-31-28(40)24(32-25)15-23-18-36(34-33-23)17-21-5-4-8-29-16-21/h1-8,16,18,24H,9-15,17,19-20H2,(H,30,39)(H,31,40)(H,32,37)/t24-/m1/s1. The molecule has 0 unspecified atom stereocenters. The molecule has 3 N–H and O–H groups in total. The summed E-state index contributed by atoms with van der Waals surface area (Å²) in [6.07, 6.45) is 5.19. The Labute approximate surface area is 242 Å². The smallest absolute Gasteiger partial charge is 0.251 e. The zero-order valence-electron chi connectivity index (χ0n) is 23.1. The van der Waals surface area contributed by atoms with Gasteiger partial charge in [0, 0.05) is 50.2 Å². The molecular weight excluding hydrogens is 544 g/mol. The van der Waals surface area contributed by atoms with E-state index in [4.69, 9.17) is 9.47 Å². The molecule has 0 bridgehead atoms. The van der Waals surface area contributed by atoms with Crippen LogP contribution in [0.4, 0.5) is 0 Å². The fourth-order valence-corrected chi connectivity index (χ4v) is 4.15. The molecule has 14 nitrogen and oxygen atoms in total. The summed E-state index contributed by atoms with van der Waals surface area (Å²) >= 11 is 0. The molecule has 1 aromatic carbocycles. The molecule has 4 amide bonds. The van der Waals surface area contributed by atoms with Gasteiger partial charge in [-0.25, -0.2) is 4.68 Å². The summed E-state index contributed by atoms with van der Waals surface area (Å²) < 4.78 is 12.5. The fraction of sp³-hybridized carbons (Fsp3) is 0.393. The Morgan fingerprint density at radius 3 is 2.69 bits per heavy atom. The molecule has 1 aliphatic heterocycles. The van der Waals surface area contributed by atoms with Crippen molar-refractivity contribution in [3.63, 3.8) is 0 Å². The first-order valence-corrected chi connectivity index (χ1v) is 13.6. The van der Waals surface area contributed by atoms with E-state index in [1.807, 2.05) is 12.1 Å². The van der Waals surface area contributed by atoms with Crippen LogP contribution in [0, 0.1) is 0 Å². The molecular formula is C28H34N8O6. The summed E-state index contributed by atoms with van der Waals surface area (Å²) in [4.78, 5) is 56.8. The van der Waals surface area contributed by atoms with Crippen LogP contribution in [0.5, 0.6) is 0 Å². The first-order chi connectivity index (χ1) is 20.5. The van der Waals surface area contributed by atoms with Crippen LogP contribution in [0.3, 0.4) is 0 Å². The van der Waals surface area contributed by atoms with Crippen molar-refractivity contribution in [2.24, 2.45) is 0 Å². The predicted octanol–water partition coefficient (Wildman–Crippen LogP) is -0.830. The maximum Gasteiger partial charge on any atom is 0.251 e. The summed E-state index contributed by atoms with van der Waals surface area (Å²) in [6.45, 7) is 0.884. The number of nitrogens with one attached hydrogen (secondary N) is 3. The molecule has 42 heavy (non-hydrogen) atoms. The minimum atomic E-state index is -0.975. The highest BCUT2D eigenvalue weighted by atomic mass is 16.5. The second-order valence-corrected chi connectivity index (χ2v) is 9.49. The van der Waals surface area contributed by atoms with E-state index in [0.717, 1.165) is 5.56 Å². The van der Waals surface area contributed by atoms with E-state index < -0.39 is 23.8 Å². The lowest BCUT2D eigenvalue weighted by atomic mass is 10.1. The number of carbonyl (C=O) groups excluding carboxylic acids is 4. The molecule has 14 heteroatoms. The van der Waals surface area contributed by atoms with Crippen molar-refractivity contribution in [3.8, 4) is 0 Å². The molecule has 0 aliphatic carbocycles. The van der Waals surface area contributed by atoms with Gasteiger partial charge in [0.1, 0.15) is 12.6 Å². The van der Waals surface area contributed by atoms with Crippen molar-refractivity contribution in [2.45, 2.75) is 19.0 Å². The lowest BCUT2D eigenvalue weighted by Crippen LogP contribution is -2.52. The van der Waals surface area contributed by atoms with Crippen LogP contribution in [-0.4, -0.2) is 107 Å². The number of carbonyl (C=O) groups is 4. The number of rotatable bonds is 8. The quantitative estimate of drug-likeness (QED) is 0.309. The highest BCUT2D eigenvalue weighted by Crippen LogP contribution is 2.05. The Balaban J connectivity index is 1.40. The second-order valence-electron chi connectivity index (χ2n) is 9.49. The van der Waals surface area contributed by atoms with Crippen LogP contribution in [0.25, 0.3) is 0 Å². The molecule has 222 valence electrons. The molecule has 1 fully saturated rings. The number of pyridine rings is 1. The largest absolute Gasteiger partial charge is 0.377 e. The van der Waals surface area contributed by atoms with Crippen LogP contribution in [0.2, 0.25) is 0 Å². The van der Waals surface area contributed by atoms with E-state index >= 15 is 0 Å². The average molecular weight is 579 g/mol. The molecule has 4 rings (SSSR count). The van der Waals surface area contributed by atoms with Gasteiger partial charge in [-0.2, -0.15) is 0 Å². The van der Waals surface area contributed by atoms with Crippen LogP contribution in [0.15, 0.2) is 61.1 Å². The highest BCUT2D eigenvalue weighted by molar-refractivity contribution is 5.94. The van der Waals surface area contributed by atoms with Gasteiger partial charge < -0.3 is 30.3 Å². The number of aromatic nitrogens is 4. The van der Waals surface area contributed by atoms with E-state index in [9.17, 15) is 19.2 Å². The molecule has 2 aromatic heterocycles. The fourth-order valence-electron chi connectivity index (χ4n) is 4.15. The molecule has 3 heterocycles. The van der Waals surface area contributed by atoms with Gasteiger partial charge in [0.25, 0.3) is 5.91 Å². The third-order valence-corrected chi connectivity index (χ3v) is 6.25. The highest BCUT2D eigenvalue weighted by Gasteiger charge is 2.25. The molecule has 0 saturated carbocycles. The van der Waals surface area contributed by atoms with Crippen LogP contribution >= 0.6 is 0 Å². The Kier molecular flexibility index (Phi) is 11.5. The Hall–Kier alpha value is -4.69. The van der Waals surface area contributed by atoms with Crippen molar-refractivity contribution in [3.05, 3.63) is 77.9 Å². The Morgan fingerprint density at radius 1 is 1.05 bits per heavy atom. The van der Waals surface area contributed by atoms with E-state index in [2.05, 4.69) is 31.2 Å². The summed E-state index contributed by atoms with van der Waals surface area (Å²) in [5.41, 5.74) is 1.91. The summed E-state index contributed by atoms with van der Waals surface area (Å²) in [5.74, 6) is -1.71. The number of benzene rings is 1. The number of nitrogens with zero attached hydrogens (tertiary/aromatic N) is 5. The SMILES string of the molecule is O=C1CN(CCNC(=O)c2ccccc2)C(=O)COCCOCCNC(=O)[C@@H](Cc2cn(Cc3cccnc3)nn2)N1. The van der Waals surface area contributed by atoms with E-state index in [-0.39, 0.29) is 64.9 Å². The summed E-state index contributed by atoms with van der Waals surface area (Å²) in [6, 6.07) is 11.4. The number of ether oxygens (including phenoxy) is 2. The third-order valence-electron chi connectivity index (χ3n) is 6.25. The number of amides is 4. The van der Waals surface area contributed by atoms with Crippen molar-refractivity contribution in [2.75, 3.05) is 52.6 Å². The zero-order valence-corrected chi connectivity index (χ0v) is 23.1. The van der Waals surface area contributed by atoms with Crippen LogP contribution in [0.1, 0.15) is 21.6 Å². The Morgan fingerprint density at radius 2 is 1.88 bits per heavy atom. The normalized spacial score (nSPS) is 17.5. The van der Waals surface area contributed by atoms with Crippen molar-refractivity contribution in [1.82, 2.24) is 40.8 Å². The van der Waals surface area contributed by atoms with Gasteiger partial charge in [-0.05, 0) is 23.8 Å². The predicted molar refractivity (Wildman–Crippen MR) is 149 cm³/mol. The summed E-state index contributed by atoms with van der Waals surface area (Å²) in [5, 5.41) is 16.5. The zero-order chi connectivity index (χ0) is 29.6. The van der Waals surface area contributed by atoms with E-state index in [0.29, 0.717) is 17.8 Å². The Bertz CT molecular complexity index is 1320. The second kappa shape index (κ2) is 15.9. The minimum absolute atomic E-state index is 0.0597. The van der Waals surface area contributed by atoms with Crippen LogP contribution in [-0.2, 0) is 36.8 Å².